The molecular formula is C104H180O16. The average molecular weight is 1690 g/mol. The summed E-state index contributed by atoms with van der Waals surface area (Å²) in [5, 5.41) is 0. The van der Waals surface area contributed by atoms with Gasteiger partial charge in [-0.1, -0.05) is 121 Å². The van der Waals surface area contributed by atoms with Gasteiger partial charge in [0, 0.05) is 23.7 Å². The number of hydrogen-bond donors (Lipinski definition) is 0. The van der Waals surface area contributed by atoms with Gasteiger partial charge in [0.1, 0.15) is 46.8 Å². The molecule has 0 aliphatic heterocycles. The summed E-state index contributed by atoms with van der Waals surface area (Å²) < 4.78 is 49.0. The first kappa shape index (κ1) is 103. The number of ether oxygens (including phenoxy) is 8. The normalized spacial score (nSPS) is 41.7. The van der Waals surface area contributed by atoms with Crippen LogP contribution in [0.4, 0.5) is 0 Å². The van der Waals surface area contributed by atoms with Crippen LogP contribution >= 0.6 is 0 Å². The van der Waals surface area contributed by atoms with Crippen LogP contribution in [0.1, 0.15) is 400 Å². The molecule has 21 fully saturated rings. The van der Waals surface area contributed by atoms with Crippen molar-refractivity contribution >= 4 is 47.8 Å². The van der Waals surface area contributed by atoms with Crippen molar-refractivity contribution in [3.05, 3.63) is 0 Å². The summed E-state index contributed by atoms with van der Waals surface area (Å²) in [6, 6.07) is 0. The van der Waals surface area contributed by atoms with Crippen molar-refractivity contribution in [2.45, 2.75) is 447 Å². The molecule has 0 N–H and O–H groups in total. The van der Waals surface area contributed by atoms with Gasteiger partial charge in [0.05, 0.1) is 46.3 Å². The van der Waals surface area contributed by atoms with E-state index in [1.54, 1.807) is 0 Å². The molecule has 0 amide bonds. The monoisotopic (exact) mass is 1690 g/mol. The maximum atomic E-state index is 13.5. The van der Waals surface area contributed by atoms with E-state index < -0.39 is 10.8 Å². The maximum Gasteiger partial charge on any atom is 0.311 e. The van der Waals surface area contributed by atoms with Crippen molar-refractivity contribution in [1.82, 2.24) is 0 Å². The molecule has 21 saturated carbocycles. The van der Waals surface area contributed by atoms with E-state index in [2.05, 4.69) is 27.7 Å². The Morgan fingerprint density at radius 3 is 0.817 bits per heavy atom. The minimum absolute atomic E-state index is 0. The SMILES string of the molecule is C.C.C.C.C.C.C.C.CCC(C)(C)C(=O)OC1CC2CC(C(=O)OC3(C)CCCCC3)C1C2.CCC(C)(C)C(=O)OC1CC2CC(C(=O)OC3(CC)C4CC5CC(C4)CC3C5)C1C2.CCC(C)C(=O)OC1CC2CC(C(=O)OC3(C)C4CC5CC(C4)CC3C5)C1C2.CCC(C)C(=O)OC1CC2CC(C(=O)OC3(CC)C4CC5CC(C4)CC3C5)C1C2. The summed E-state index contributed by atoms with van der Waals surface area (Å²) in [5.41, 5.74) is -1.88. The molecular weight excluding hydrogens is 1510 g/mol. The van der Waals surface area contributed by atoms with Crippen molar-refractivity contribution in [2.24, 2.45) is 165 Å². The highest BCUT2D eigenvalue weighted by molar-refractivity contribution is 5.79. The summed E-state index contributed by atoms with van der Waals surface area (Å²) >= 11 is 0. The first-order valence-electron chi connectivity index (χ1n) is 47.0. The van der Waals surface area contributed by atoms with Gasteiger partial charge in [-0.2, -0.15) is 0 Å². The van der Waals surface area contributed by atoms with Crippen LogP contribution in [0.3, 0.4) is 0 Å². The summed E-state index contributed by atoms with van der Waals surface area (Å²) in [6.07, 6.45) is 41.0. The maximum absolute atomic E-state index is 13.5. The number of hydrogen-bond acceptors (Lipinski definition) is 16. The molecule has 0 aromatic rings. The lowest BCUT2D eigenvalue weighted by atomic mass is 9.49. The molecule has 20 bridgehead atoms. The van der Waals surface area contributed by atoms with E-state index >= 15 is 0 Å². The Balaban J connectivity index is 0.000000216. The fraction of sp³-hybridized carbons (Fsp3) is 0.923. The highest BCUT2D eigenvalue weighted by atomic mass is 16.6. The molecule has 21 aliphatic carbocycles. The smallest absolute Gasteiger partial charge is 0.311 e. The third-order valence-corrected chi connectivity index (χ3v) is 36.2. The molecule has 0 aromatic carbocycles. The summed E-state index contributed by atoms with van der Waals surface area (Å²) in [6.45, 7) is 28.4. The largest absolute Gasteiger partial charge is 0.462 e. The molecule has 21 rings (SSSR count). The second-order valence-electron chi connectivity index (χ2n) is 43.7. The van der Waals surface area contributed by atoms with Gasteiger partial charge in [-0.3, -0.25) is 38.4 Å². The quantitative estimate of drug-likeness (QED) is 0.0729. The van der Waals surface area contributed by atoms with Crippen molar-refractivity contribution < 1.29 is 76.3 Å². The lowest BCUT2D eigenvalue weighted by Gasteiger charge is -2.60. The molecule has 0 spiro atoms. The lowest BCUT2D eigenvalue weighted by Crippen LogP contribution is -2.60. The standard InChI is InChI=1S/C26H40O4.C25H38O4.C24H36O4.C21H34O4.8CH4/c1-5-25(3,4)24(28)29-22-14-17-12-20(22)21(13-17)23(27)30-26(6-2)18-8-15-7-16(10-18)11-19(26)9-15;1-4-14(3)23(26)28-22-13-17-11-20(22)21(12-17)24(27)29-25(5-2)18-7-15-6-16(9-18)10-19(25)8-15;1-4-13(2)22(25)27-21-12-16-10-19(21)20(11-16)23(26)28-24(3)17-6-14-5-15(8-17)9-18(24)7-14;1-5-20(2,3)19(23)24-17-13-14-11-15(17)16(12-14)18(22)25-21(4)9-7-6-8-10-21;;;;;;;;/h15-22H,5-14H2,1-4H3;14-22H,4-13H2,1-3H3;13-21H,4-12H2,1-3H3;14-17H,5-13H2,1-4H3;8*1H4. The minimum atomic E-state index is -0.454. The zero-order valence-corrected chi connectivity index (χ0v) is 71.7. The molecule has 692 valence electrons. The van der Waals surface area contributed by atoms with Gasteiger partial charge >= 0.3 is 47.8 Å². The number of carbonyl (C=O) groups excluding carboxylic acids is 8. The predicted molar refractivity (Wildman–Crippen MR) is 479 cm³/mol. The highest BCUT2D eigenvalue weighted by Crippen LogP contribution is 2.65. The van der Waals surface area contributed by atoms with E-state index in [9.17, 15) is 38.4 Å². The van der Waals surface area contributed by atoms with Crippen LogP contribution in [0.25, 0.3) is 0 Å². The fourth-order valence-electron chi connectivity index (χ4n) is 28.9. The molecule has 21 aliphatic rings. The topological polar surface area (TPSA) is 210 Å². The Morgan fingerprint density at radius 1 is 0.308 bits per heavy atom. The third-order valence-electron chi connectivity index (χ3n) is 36.2. The van der Waals surface area contributed by atoms with E-state index in [4.69, 9.17) is 37.9 Å². The molecule has 16 nitrogen and oxygen atoms in total. The van der Waals surface area contributed by atoms with Gasteiger partial charge < -0.3 is 37.9 Å². The summed E-state index contributed by atoms with van der Waals surface area (Å²) in [4.78, 5) is 103. The zero-order chi connectivity index (χ0) is 79.5. The van der Waals surface area contributed by atoms with Crippen LogP contribution in [0.2, 0.25) is 0 Å². The molecule has 0 radical (unpaired) electrons. The summed E-state index contributed by atoms with van der Waals surface area (Å²) in [5.74, 6) is 10.5. The molecule has 120 heavy (non-hydrogen) atoms. The third kappa shape index (κ3) is 19.9. The van der Waals surface area contributed by atoms with Gasteiger partial charge in [-0.25, -0.2) is 0 Å². The second kappa shape index (κ2) is 40.4. The van der Waals surface area contributed by atoms with Crippen molar-refractivity contribution in [2.75, 3.05) is 0 Å². The molecule has 0 heterocycles. The first-order chi connectivity index (χ1) is 53.3. The van der Waals surface area contributed by atoms with Gasteiger partial charge in [-0.05, 0) is 374 Å². The molecule has 0 saturated heterocycles. The molecule has 18 atom stereocenters. The van der Waals surface area contributed by atoms with E-state index in [1.165, 1.54) is 103 Å². The molecule has 0 aromatic heterocycles. The number of esters is 8. The zero-order valence-electron chi connectivity index (χ0n) is 71.7. The van der Waals surface area contributed by atoms with Gasteiger partial charge in [0.25, 0.3) is 0 Å². The Hall–Kier alpha value is -4.24. The minimum Gasteiger partial charge on any atom is -0.462 e. The van der Waals surface area contributed by atoms with Crippen LogP contribution in [-0.4, -0.2) is 94.6 Å². The van der Waals surface area contributed by atoms with Gasteiger partial charge in [0.2, 0.25) is 0 Å². The lowest BCUT2D eigenvalue weighted by molar-refractivity contribution is -0.217. The van der Waals surface area contributed by atoms with Crippen molar-refractivity contribution in [3.8, 4) is 0 Å². The predicted octanol–water partition coefficient (Wildman–Crippen LogP) is 25.2. The Morgan fingerprint density at radius 2 is 0.558 bits per heavy atom. The number of rotatable bonds is 22. The Labute approximate surface area is 731 Å². The van der Waals surface area contributed by atoms with Gasteiger partial charge in [0.15, 0.2) is 0 Å². The number of carbonyl (C=O) groups is 8. The van der Waals surface area contributed by atoms with Crippen LogP contribution in [0.5, 0.6) is 0 Å². The molecule has 18 unspecified atom stereocenters. The first-order valence-corrected chi connectivity index (χ1v) is 47.0. The highest BCUT2D eigenvalue weighted by Gasteiger charge is 2.65. The summed E-state index contributed by atoms with van der Waals surface area (Å²) in [7, 11) is 0. The average Bonchev–Trinajstić information content (AvgIpc) is 0.885. The molecule has 16 heteroatoms. The fourth-order valence-corrected chi connectivity index (χ4v) is 28.9. The van der Waals surface area contributed by atoms with Crippen molar-refractivity contribution in [1.29, 1.82) is 0 Å². The van der Waals surface area contributed by atoms with E-state index in [1.807, 2.05) is 69.2 Å². The van der Waals surface area contributed by atoms with Crippen LogP contribution in [0.15, 0.2) is 0 Å². The number of fused-ring (bicyclic) bond motifs is 8. The Kier molecular flexibility index (Phi) is 34.6. The second-order valence-corrected chi connectivity index (χ2v) is 43.7. The van der Waals surface area contributed by atoms with Crippen LogP contribution in [0, 0.1) is 165 Å². The van der Waals surface area contributed by atoms with E-state index in [-0.39, 0.29) is 213 Å². The van der Waals surface area contributed by atoms with E-state index in [0.29, 0.717) is 59.2 Å². The van der Waals surface area contributed by atoms with Gasteiger partial charge in [-0.15, -0.1) is 0 Å². The van der Waals surface area contributed by atoms with Crippen molar-refractivity contribution in [3.63, 3.8) is 0 Å². The Bertz CT molecular complexity index is 3350. The van der Waals surface area contributed by atoms with E-state index in [0.717, 1.165) is 177 Å². The van der Waals surface area contributed by atoms with Crippen LogP contribution in [-0.2, 0) is 76.3 Å². The van der Waals surface area contributed by atoms with Crippen LogP contribution < -0.4 is 0 Å².